The van der Waals surface area contributed by atoms with E-state index in [2.05, 4.69) is 26.0 Å². The Morgan fingerprint density at radius 2 is 2.05 bits per heavy atom. The molecule has 7 heteroatoms. The quantitative estimate of drug-likeness (QED) is 0.723. The van der Waals surface area contributed by atoms with Gasteiger partial charge >= 0.3 is 0 Å². The monoisotopic (exact) mass is 375 g/mol. The van der Waals surface area contributed by atoms with E-state index >= 15 is 0 Å². The van der Waals surface area contributed by atoms with E-state index in [4.69, 9.17) is 0 Å². The minimum Gasteiger partial charge on any atom is -0.310 e. The Kier molecular flexibility index (Phi) is 5.79. The molecular formula is C14H22BrN3O2S. The Labute approximate surface area is 135 Å². The van der Waals surface area contributed by atoms with Crippen molar-refractivity contribution in [3.63, 3.8) is 0 Å². The molecule has 1 saturated carbocycles. The molecule has 0 radical (unpaired) electrons. The van der Waals surface area contributed by atoms with Crippen LogP contribution in [0.3, 0.4) is 0 Å². The second kappa shape index (κ2) is 7.19. The van der Waals surface area contributed by atoms with E-state index in [9.17, 15) is 8.42 Å². The van der Waals surface area contributed by atoms with Crippen LogP contribution in [0.25, 0.3) is 0 Å². The normalized spacial score (nSPS) is 15.6. The molecule has 1 aliphatic rings. The third kappa shape index (κ3) is 5.34. The minimum atomic E-state index is -3.48. The second-order valence-corrected chi connectivity index (χ2v) is 8.21. The highest BCUT2D eigenvalue weighted by Gasteiger charge is 2.21. The van der Waals surface area contributed by atoms with Crippen LogP contribution in [-0.2, 0) is 16.6 Å². The maximum atomic E-state index is 12.4. The smallest absolute Gasteiger partial charge is 0.241 e. The topological polar surface area (TPSA) is 61.4 Å². The van der Waals surface area contributed by atoms with Crippen molar-refractivity contribution in [2.24, 2.45) is 0 Å². The number of benzene rings is 1. The molecule has 1 fully saturated rings. The average Bonchev–Trinajstić information content (AvgIpc) is 3.21. The molecule has 118 valence electrons. The number of nitrogens with zero attached hydrogens (tertiary/aromatic N) is 1. The maximum Gasteiger partial charge on any atom is 0.241 e. The van der Waals surface area contributed by atoms with E-state index in [1.807, 2.05) is 25.1 Å². The van der Waals surface area contributed by atoms with Gasteiger partial charge in [-0.1, -0.05) is 6.07 Å². The van der Waals surface area contributed by atoms with E-state index in [1.54, 1.807) is 12.1 Å². The molecule has 0 bridgehead atoms. The van der Waals surface area contributed by atoms with E-state index < -0.39 is 10.0 Å². The fourth-order valence-corrected chi connectivity index (χ4v) is 3.93. The second-order valence-electron chi connectivity index (χ2n) is 5.62. The molecule has 5 nitrogen and oxygen atoms in total. The van der Waals surface area contributed by atoms with Gasteiger partial charge in [-0.15, -0.1) is 0 Å². The Hall–Kier alpha value is -0.470. The van der Waals surface area contributed by atoms with Gasteiger partial charge < -0.3 is 10.2 Å². The lowest BCUT2D eigenvalue weighted by Crippen LogP contribution is -2.31. The van der Waals surface area contributed by atoms with E-state index in [1.165, 1.54) is 12.8 Å². The molecule has 2 N–H and O–H groups in total. The van der Waals surface area contributed by atoms with Crippen molar-refractivity contribution in [2.45, 2.75) is 30.3 Å². The molecule has 0 saturated heterocycles. The van der Waals surface area contributed by atoms with Crippen LogP contribution in [0.2, 0.25) is 0 Å². The number of hydrogen-bond acceptors (Lipinski definition) is 4. The first-order valence-electron chi connectivity index (χ1n) is 7.05. The van der Waals surface area contributed by atoms with Crippen LogP contribution in [-0.4, -0.2) is 46.5 Å². The number of likely N-dealkylation sites (N-methyl/N-ethyl adjacent to an activating group) is 1. The highest BCUT2D eigenvalue weighted by molar-refractivity contribution is 9.10. The fraction of sp³-hybridized carbons (Fsp3) is 0.571. The summed E-state index contributed by atoms with van der Waals surface area (Å²) in [5.74, 6) is 0. The van der Waals surface area contributed by atoms with E-state index in [-0.39, 0.29) is 0 Å². The number of rotatable bonds is 8. The molecule has 1 aromatic carbocycles. The summed E-state index contributed by atoms with van der Waals surface area (Å²) < 4.78 is 27.9. The summed E-state index contributed by atoms with van der Waals surface area (Å²) >= 11 is 3.33. The van der Waals surface area contributed by atoms with Gasteiger partial charge in [0.05, 0.1) is 4.90 Å². The molecule has 0 atom stereocenters. The van der Waals surface area contributed by atoms with Crippen molar-refractivity contribution in [3.05, 3.63) is 28.2 Å². The van der Waals surface area contributed by atoms with Crippen molar-refractivity contribution in [3.8, 4) is 0 Å². The molecule has 0 amide bonds. The van der Waals surface area contributed by atoms with Crippen LogP contribution in [0.1, 0.15) is 18.4 Å². The summed E-state index contributed by atoms with van der Waals surface area (Å²) in [7, 11) is 0.339. The SMILES string of the molecule is CN(C)CCNS(=O)(=O)c1cc(CNC2CC2)ccc1Br. The van der Waals surface area contributed by atoms with Crippen molar-refractivity contribution in [2.75, 3.05) is 27.2 Å². The zero-order valence-electron chi connectivity index (χ0n) is 12.4. The van der Waals surface area contributed by atoms with E-state index in [0.29, 0.717) is 35.0 Å². The van der Waals surface area contributed by atoms with E-state index in [0.717, 1.165) is 5.56 Å². The first-order valence-corrected chi connectivity index (χ1v) is 9.32. The number of nitrogens with one attached hydrogen (secondary N) is 2. The highest BCUT2D eigenvalue weighted by atomic mass is 79.9. The molecule has 1 aliphatic carbocycles. The molecule has 2 rings (SSSR count). The van der Waals surface area contributed by atoms with Gasteiger partial charge in [0, 0.05) is 30.1 Å². The minimum absolute atomic E-state index is 0.302. The third-order valence-corrected chi connectivity index (χ3v) is 5.76. The van der Waals surface area contributed by atoms with Crippen LogP contribution in [0.15, 0.2) is 27.6 Å². The lowest BCUT2D eigenvalue weighted by atomic mass is 10.2. The van der Waals surface area contributed by atoms with Crippen molar-refractivity contribution in [1.29, 1.82) is 0 Å². The third-order valence-electron chi connectivity index (χ3n) is 3.31. The van der Waals surface area contributed by atoms with Crippen LogP contribution < -0.4 is 10.0 Å². The Morgan fingerprint density at radius 1 is 1.33 bits per heavy atom. The summed E-state index contributed by atoms with van der Waals surface area (Å²) in [4.78, 5) is 2.24. The zero-order valence-corrected chi connectivity index (χ0v) is 14.8. The summed E-state index contributed by atoms with van der Waals surface area (Å²) in [5, 5.41) is 3.39. The first-order chi connectivity index (χ1) is 9.88. The molecule has 0 heterocycles. The van der Waals surface area contributed by atoms with Gasteiger partial charge in [-0.25, -0.2) is 13.1 Å². The number of hydrogen-bond donors (Lipinski definition) is 2. The molecule has 0 unspecified atom stereocenters. The van der Waals surface area contributed by atoms with Gasteiger partial charge in [-0.2, -0.15) is 0 Å². The van der Waals surface area contributed by atoms with Crippen molar-refractivity contribution >= 4 is 26.0 Å². The predicted octanol–water partition coefficient (Wildman–Crippen LogP) is 1.54. The lowest BCUT2D eigenvalue weighted by Gasteiger charge is -2.13. The van der Waals surface area contributed by atoms with Crippen molar-refractivity contribution < 1.29 is 8.42 Å². The van der Waals surface area contributed by atoms with Crippen LogP contribution in [0.4, 0.5) is 0 Å². The zero-order chi connectivity index (χ0) is 15.5. The summed E-state index contributed by atoms with van der Waals surface area (Å²) in [6.07, 6.45) is 2.43. The molecule has 0 aromatic heterocycles. The standard InChI is InChI=1S/C14H22BrN3O2S/c1-18(2)8-7-17-21(19,20)14-9-11(3-6-13(14)15)10-16-12-4-5-12/h3,6,9,12,16-17H,4-5,7-8,10H2,1-2H3. The van der Waals surface area contributed by atoms with Crippen LogP contribution in [0, 0.1) is 0 Å². The number of halogens is 1. The largest absolute Gasteiger partial charge is 0.310 e. The summed E-state index contributed by atoms with van der Waals surface area (Å²) in [6.45, 7) is 1.77. The Morgan fingerprint density at radius 3 is 2.67 bits per heavy atom. The lowest BCUT2D eigenvalue weighted by molar-refractivity contribution is 0.412. The fourth-order valence-electron chi connectivity index (χ4n) is 1.89. The molecular weight excluding hydrogens is 354 g/mol. The predicted molar refractivity (Wildman–Crippen MR) is 87.7 cm³/mol. The summed E-state index contributed by atoms with van der Waals surface area (Å²) in [6, 6.07) is 6.08. The number of sulfonamides is 1. The molecule has 0 spiro atoms. The highest BCUT2D eigenvalue weighted by Crippen LogP contribution is 2.24. The Balaban J connectivity index is 2.06. The van der Waals surface area contributed by atoms with Crippen LogP contribution >= 0.6 is 15.9 Å². The molecule has 0 aliphatic heterocycles. The first kappa shape index (κ1) is 16.9. The van der Waals surface area contributed by atoms with Gasteiger partial charge in [0.2, 0.25) is 10.0 Å². The van der Waals surface area contributed by atoms with Gasteiger partial charge in [0.25, 0.3) is 0 Å². The van der Waals surface area contributed by atoms with Gasteiger partial charge in [0.15, 0.2) is 0 Å². The molecule has 1 aromatic rings. The average molecular weight is 376 g/mol. The summed E-state index contributed by atoms with van der Waals surface area (Å²) in [5.41, 5.74) is 0.984. The van der Waals surface area contributed by atoms with Gasteiger partial charge in [-0.05, 0) is 60.6 Å². The van der Waals surface area contributed by atoms with Gasteiger partial charge in [0.1, 0.15) is 0 Å². The Bertz CT molecular complexity index is 586. The van der Waals surface area contributed by atoms with Gasteiger partial charge in [-0.3, -0.25) is 0 Å². The molecule has 21 heavy (non-hydrogen) atoms. The maximum absolute atomic E-state index is 12.4. The van der Waals surface area contributed by atoms with Crippen LogP contribution in [0.5, 0.6) is 0 Å². The van der Waals surface area contributed by atoms with Crippen molar-refractivity contribution in [1.82, 2.24) is 14.9 Å².